The number of nitrogens with zero attached hydrogens (tertiary/aromatic N) is 1. The molecular formula is C7H4BrCl2NO. The number of aryl methyl sites for hydroxylation is 1. The zero-order valence-electron chi connectivity index (χ0n) is 6.07. The summed E-state index contributed by atoms with van der Waals surface area (Å²) in [6, 6.07) is 0. The van der Waals surface area contributed by atoms with E-state index in [0.717, 1.165) is 5.69 Å². The van der Waals surface area contributed by atoms with E-state index in [0.29, 0.717) is 9.50 Å². The molecule has 0 aromatic carbocycles. The monoisotopic (exact) mass is 267 g/mol. The van der Waals surface area contributed by atoms with Gasteiger partial charge in [0.2, 0.25) is 0 Å². The molecule has 0 radical (unpaired) electrons. The van der Waals surface area contributed by atoms with Gasteiger partial charge in [-0.2, -0.15) is 0 Å². The Morgan fingerprint density at radius 3 is 2.75 bits per heavy atom. The fourth-order valence-electron chi connectivity index (χ4n) is 0.689. The fourth-order valence-corrected chi connectivity index (χ4v) is 1.47. The highest BCUT2D eigenvalue weighted by Crippen LogP contribution is 2.28. The van der Waals surface area contributed by atoms with Crippen LogP contribution in [0.25, 0.3) is 0 Å². The summed E-state index contributed by atoms with van der Waals surface area (Å²) >= 11 is 14.2. The van der Waals surface area contributed by atoms with E-state index in [2.05, 4.69) is 20.9 Å². The molecule has 0 spiro atoms. The third-order valence-electron chi connectivity index (χ3n) is 1.35. The van der Waals surface area contributed by atoms with Crippen molar-refractivity contribution >= 4 is 44.4 Å². The van der Waals surface area contributed by atoms with Gasteiger partial charge in [-0.25, -0.2) is 0 Å². The Bertz CT molecular complexity index is 340. The second-order valence-corrected chi connectivity index (χ2v) is 3.67. The van der Waals surface area contributed by atoms with Crippen LogP contribution in [0.15, 0.2) is 10.7 Å². The Morgan fingerprint density at radius 2 is 2.25 bits per heavy atom. The normalized spacial score (nSPS) is 10.0. The van der Waals surface area contributed by atoms with Gasteiger partial charge < -0.3 is 0 Å². The minimum Gasteiger partial charge on any atom is -0.275 e. The molecule has 0 saturated heterocycles. The van der Waals surface area contributed by atoms with Crippen LogP contribution < -0.4 is 0 Å². The summed E-state index contributed by atoms with van der Waals surface area (Å²) in [7, 11) is 0. The van der Waals surface area contributed by atoms with Gasteiger partial charge in [-0.1, -0.05) is 11.6 Å². The number of hydrogen-bond acceptors (Lipinski definition) is 2. The number of halogens is 3. The van der Waals surface area contributed by atoms with E-state index in [1.54, 1.807) is 6.92 Å². The zero-order chi connectivity index (χ0) is 9.30. The molecule has 0 fully saturated rings. The number of carbonyl (C=O) groups excluding carboxylic acids is 1. The topological polar surface area (TPSA) is 30.0 Å². The molecular weight excluding hydrogens is 265 g/mol. The molecule has 1 heterocycles. The number of hydrogen-bond donors (Lipinski definition) is 0. The van der Waals surface area contributed by atoms with Crippen molar-refractivity contribution in [3.05, 3.63) is 26.9 Å². The highest BCUT2D eigenvalue weighted by Gasteiger charge is 2.12. The van der Waals surface area contributed by atoms with Crippen molar-refractivity contribution in [1.29, 1.82) is 0 Å². The maximum Gasteiger partial charge on any atom is 0.255 e. The lowest BCUT2D eigenvalue weighted by molar-refractivity contribution is 0.108. The molecule has 0 aliphatic heterocycles. The lowest BCUT2D eigenvalue weighted by Gasteiger charge is -2.02. The van der Waals surface area contributed by atoms with Crippen molar-refractivity contribution in [2.75, 3.05) is 0 Å². The second-order valence-electron chi connectivity index (χ2n) is 2.16. The zero-order valence-corrected chi connectivity index (χ0v) is 9.16. The van der Waals surface area contributed by atoms with E-state index >= 15 is 0 Å². The minimum atomic E-state index is -0.604. The molecule has 0 bridgehead atoms. The van der Waals surface area contributed by atoms with E-state index in [1.165, 1.54) is 6.20 Å². The molecule has 2 nitrogen and oxygen atoms in total. The summed E-state index contributed by atoms with van der Waals surface area (Å²) in [5, 5.41) is -0.296. The molecule has 1 rings (SSSR count). The molecule has 0 N–H and O–H groups in total. The van der Waals surface area contributed by atoms with Crippen LogP contribution in [0.2, 0.25) is 5.02 Å². The van der Waals surface area contributed by atoms with Crippen LogP contribution >= 0.6 is 39.1 Å². The first-order valence-electron chi connectivity index (χ1n) is 3.04. The Morgan fingerprint density at radius 1 is 1.67 bits per heavy atom. The summed E-state index contributed by atoms with van der Waals surface area (Å²) in [6.45, 7) is 1.78. The lowest BCUT2D eigenvalue weighted by atomic mass is 10.3. The smallest absolute Gasteiger partial charge is 0.255 e. The predicted octanol–water partition coefficient (Wildman–Crippen LogP) is 3.18. The van der Waals surface area contributed by atoms with Crippen molar-refractivity contribution in [1.82, 2.24) is 4.98 Å². The third kappa shape index (κ3) is 1.79. The molecule has 0 aliphatic carbocycles. The molecule has 0 unspecified atom stereocenters. The fraction of sp³-hybridized carbons (Fsp3) is 0.143. The second kappa shape index (κ2) is 3.73. The van der Waals surface area contributed by atoms with Gasteiger partial charge >= 0.3 is 0 Å². The molecule has 12 heavy (non-hydrogen) atoms. The predicted molar refractivity (Wildman–Crippen MR) is 51.9 cm³/mol. The van der Waals surface area contributed by atoms with Crippen molar-refractivity contribution in [3.8, 4) is 0 Å². The number of carbonyl (C=O) groups is 1. The van der Waals surface area contributed by atoms with E-state index in [1.807, 2.05) is 0 Å². The average Bonchev–Trinajstić information content (AvgIpc) is 2.00. The van der Waals surface area contributed by atoms with Crippen molar-refractivity contribution in [2.24, 2.45) is 0 Å². The molecule has 1 aromatic heterocycles. The van der Waals surface area contributed by atoms with Crippen LogP contribution in [0.4, 0.5) is 0 Å². The Balaban J connectivity index is 3.36. The van der Waals surface area contributed by atoms with Gasteiger partial charge in [0.05, 0.1) is 20.8 Å². The summed E-state index contributed by atoms with van der Waals surface area (Å²) in [5.41, 5.74) is 0.942. The van der Waals surface area contributed by atoms with Crippen LogP contribution in [0.3, 0.4) is 0 Å². The van der Waals surface area contributed by atoms with Gasteiger partial charge in [-0.3, -0.25) is 9.78 Å². The van der Waals surface area contributed by atoms with Crippen LogP contribution in [0.5, 0.6) is 0 Å². The summed E-state index contributed by atoms with van der Waals surface area (Å²) in [6.07, 6.45) is 1.36. The highest BCUT2D eigenvalue weighted by atomic mass is 79.9. The first kappa shape index (κ1) is 9.96. The summed E-state index contributed by atoms with van der Waals surface area (Å²) in [4.78, 5) is 14.7. The molecule has 0 amide bonds. The van der Waals surface area contributed by atoms with E-state index in [-0.39, 0.29) is 5.56 Å². The largest absolute Gasteiger partial charge is 0.275 e. The van der Waals surface area contributed by atoms with Crippen LogP contribution in [-0.2, 0) is 0 Å². The van der Waals surface area contributed by atoms with E-state index < -0.39 is 5.24 Å². The van der Waals surface area contributed by atoms with Crippen molar-refractivity contribution < 1.29 is 4.79 Å². The van der Waals surface area contributed by atoms with Gasteiger partial charge in [-0.05, 0) is 34.5 Å². The van der Waals surface area contributed by atoms with Crippen LogP contribution in [-0.4, -0.2) is 10.2 Å². The maximum absolute atomic E-state index is 10.7. The van der Waals surface area contributed by atoms with Gasteiger partial charge in [0, 0.05) is 6.20 Å². The number of pyridine rings is 1. The van der Waals surface area contributed by atoms with Gasteiger partial charge in [0.15, 0.2) is 0 Å². The lowest BCUT2D eigenvalue weighted by Crippen LogP contribution is -1.95. The molecule has 0 atom stereocenters. The van der Waals surface area contributed by atoms with Gasteiger partial charge in [-0.15, -0.1) is 0 Å². The third-order valence-corrected chi connectivity index (χ3v) is 3.14. The van der Waals surface area contributed by atoms with Gasteiger partial charge in [0.1, 0.15) is 0 Å². The van der Waals surface area contributed by atoms with E-state index in [4.69, 9.17) is 23.2 Å². The standard InChI is InChI=1S/C7H4BrCl2NO/c1-3-5(8)6(9)4(2-11-3)7(10)12/h2H,1H3. The average molecular weight is 269 g/mol. The van der Waals surface area contributed by atoms with Crippen LogP contribution in [0.1, 0.15) is 16.1 Å². The Hall–Kier alpha value is -0.120. The minimum absolute atomic E-state index is 0.218. The molecule has 64 valence electrons. The summed E-state index contributed by atoms with van der Waals surface area (Å²) < 4.78 is 0.607. The van der Waals surface area contributed by atoms with Crippen molar-refractivity contribution in [2.45, 2.75) is 6.92 Å². The quantitative estimate of drug-likeness (QED) is 0.733. The number of rotatable bonds is 1. The Labute approximate surface area is 88.0 Å². The summed E-state index contributed by atoms with van der Waals surface area (Å²) in [5.74, 6) is 0. The Kier molecular flexibility index (Phi) is 3.09. The SMILES string of the molecule is Cc1ncc(C(=O)Cl)c(Cl)c1Br. The molecule has 1 aromatic rings. The van der Waals surface area contributed by atoms with E-state index in [9.17, 15) is 4.79 Å². The first-order chi connectivity index (χ1) is 5.54. The number of aromatic nitrogens is 1. The maximum atomic E-state index is 10.7. The van der Waals surface area contributed by atoms with Crippen molar-refractivity contribution in [3.63, 3.8) is 0 Å². The van der Waals surface area contributed by atoms with Gasteiger partial charge in [0.25, 0.3) is 5.24 Å². The molecule has 0 saturated carbocycles. The highest BCUT2D eigenvalue weighted by molar-refractivity contribution is 9.10. The molecule has 0 aliphatic rings. The molecule has 5 heteroatoms. The first-order valence-corrected chi connectivity index (χ1v) is 4.59. The van der Waals surface area contributed by atoms with Crippen LogP contribution in [0, 0.1) is 6.92 Å².